The molecule has 2 heterocycles. The standard InChI is InChI=1S/C24H28BrN5O/c1-30(2)22-12-23(29-21-6-4-3-5-20(21)22)28-19-9-7-16(8-10-19)13-27-24(31)17-11-18(25)15-26-14-17/h3-6,11-12,14-16,19H,7-10,13H2,1-2H3,(H,27,31)(H,28,29)/t16-,19+. The van der Waals surface area contributed by atoms with E-state index in [2.05, 4.69) is 74.8 Å². The van der Waals surface area contributed by atoms with Crippen LogP contribution in [0.1, 0.15) is 36.0 Å². The van der Waals surface area contributed by atoms with Gasteiger partial charge in [-0.2, -0.15) is 0 Å². The number of pyridine rings is 2. The van der Waals surface area contributed by atoms with Crippen molar-refractivity contribution in [3.63, 3.8) is 0 Å². The topological polar surface area (TPSA) is 70.2 Å². The van der Waals surface area contributed by atoms with E-state index in [0.717, 1.165) is 46.9 Å². The number of anilines is 2. The molecule has 2 N–H and O–H groups in total. The molecule has 0 saturated heterocycles. The first kappa shape index (κ1) is 21.6. The summed E-state index contributed by atoms with van der Waals surface area (Å²) in [5, 5.41) is 7.87. The van der Waals surface area contributed by atoms with Crippen LogP contribution < -0.4 is 15.5 Å². The molecule has 162 valence electrons. The number of rotatable bonds is 6. The van der Waals surface area contributed by atoms with Gasteiger partial charge < -0.3 is 15.5 Å². The van der Waals surface area contributed by atoms with Crippen LogP contribution in [0.3, 0.4) is 0 Å². The SMILES string of the molecule is CN(C)c1cc(N[C@H]2CC[C@@H](CNC(=O)c3cncc(Br)c3)CC2)nc2ccccc12. The predicted molar refractivity (Wildman–Crippen MR) is 130 cm³/mol. The quantitative estimate of drug-likeness (QED) is 0.525. The Morgan fingerprint density at radius 3 is 2.65 bits per heavy atom. The van der Waals surface area contributed by atoms with Crippen LogP contribution >= 0.6 is 15.9 Å². The number of benzene rings is 1. The molecular weight excluding hydrogens is 454 g/mol. The van der Waals surface area contributed by atoms with Crippen molar-refractivity contribution in [1.82, 2.24) is 15.3 Å². The minimum Gasteiger partial charge on any atom is -0.377 e. The van der Waals surface area contributed by atoms with Crippen LogP contribution in [0.2, 0.25) is 0 Å². The van der Waals surface area contributed by atoms with Crippen molar-refractivity contribution in [1.29, 1.82) is 0 Å². The first-order valence-corrected chi connectivity index (χ1v) is 11.5. The van der Waals surface area contributed by atoms with Crippen LogP contribution in [0.5, 0.6) is 0 Å². The van der Waals surface area contributed by atoms with Crippen molar-refractivity contribution in [2.24, 2.45) is 5.92 Å². The maximum Gasteiger partial charge on any atom is 0.252 e. The van der Waals surface area contributed by atoms with Gasteiger partial charge in [-0.05, 0) is 59.7 Å². The van der Waals surface area contributed by atoms with Gasteiger partial charge in [0.25, 0.3) is 5.91 Å². The number of carbonyl (C=O) groups excluding carboxylic acids is 1. The largest absolute Gasteiger partial charge is 0.377 e. The molecular formula is C24H28BrN5O. The number of para-hydroxylation sites is 1. The van der Waals surface area contributed by atoms with Gasteiger partial charge in [-0.15, -0.1) is 0 Å². The number of halogens is 1. The van der Waals surface area contributed by atoms with Crippen molar-refractivity contribution in [2.75, 3.05) is 30.9 Å². The molecule has 7 heteroatoms. The summed E-state index contributed by atoms with van der Waals surface area (Å²) in [5.74, 6) is 1.37. The van der Waals surface area contributed by atoms with E-state index < -0.39 is 0 Å². The van der Waals surface area contributed by atoms with E-state index in [1.165, 1.54) is 5.69 Å². The zero-order valence-corrected chi connectivity index (χ0v) is 19.5. The summed E-state index contributed by atoms with van der Waals surface area (Å²) in [6.07, 6.45) is 7.59. The van der Waals surface area contributed by atoms with E-state index in [1.54, 1.807) is 18.5 Å². The minimum atomic E-state index is -0.0642. The molecule has 1 aliphatic rings. The van der Waals surface area contributed by atoms with E-state index in [-0.39, 0.29) is 5.91 Å². The second-order valence-corrected chi connectivity index (χ2v) is 9.32. The van der Waals surface area contributed by atoms with Crippen molar-refractivity contribution < 1.29 is 4.79 Å². The van der Waals surface area contributed by atoms with E-state index >= 15 is 0 Å². The highest BCUT2D eigenvalue weighted by molar-refractivity contribution is 9.10. The van der Waals surface area contributed by atoms with Gasteiger partial charge in [0.1, 0.15) is 5.82 Å². The normalized spacial score (nSPS) is 18.5. The first-order chi connectivity index (χ1) is 15.0. The summed E-state index contributed by atoms with van der Waals surface area (Å²) in [7, 11) is 4.13. The summed E-state index contributed by atoms with van der Waals surface area (Å²) in [6.45, 7) is 0.705. The van der Waals surface area contributed by atoms with Crippen LogP contribution in [0.4, 0.5) is 11.5 Å². The van der Waals surface area contributed by atoms with Gasteiger partial charge in [-0.25, -0.2) is 4.98 Å². The van der Waals surface area contributed by atoms with E-state index in [4.69, 9.17) is 4.98 Å². The number of amides is 1. The lowest BCUT2D eigenvalue weighted by Gasteiger charge is -2.30. The molecule has 31 heavy (non-hydrogen) atoms. The molecule has 1 aromatic carbocycles. The summed E-state index contributed by atoms with van der Waals surface area (Å²) >= 11 is 3.36. The highest BCUT2D eigenvalue weighted by Gasteiger charge is 2.22. The minimum absolute atomic E-state index is 0.0642. The molecule has 1 fully saturated rings. The Hall–Kier alpha value is -2.67. The summed E-state index contributed by atoms with van der Waals surface area (Å²) in [5.41, 5.74) is 2.77. The molecule has 4 rings (SSSR count). The summed E-state index contributed by atoms with van der Waals surface area (Å²) in [6, 6.07) is 12.6. The number of nitrogens with zero attached hydrogens (tertiary/aromatic N) is 3. The second kappa shape index (κ2) is 9.64. The third-order valence-corrected chi connectivity index (χ3v) is 6.33. The van der Waals surface area contributed by atoms with Gasteiger partial charge in [0.15, 0.2) is 0 Å². The van der Waals surface area contributed by atoms with Gasteiger partial charge in [0, 0.05) is 60.7 Å². The van der Waals surface area contributed by atoms with Gasteiger partial charge in [-0.3, -0.25) is 9.78 Å². The molecule has 0 aliphatic heterocycles. The molecule has 1 aliphatic carbocycles. The fourth-order valence-corrected chi connectivity index (χ4v) is 4.56. The van der Waals surface area contributed by atoms with Crippen LogP contribution in [0.15, 0.2) is 53.3 Å². The molecule has 1 amide bonds. The summed E-state index contributed by atoms with van der Waals surface area (Å²) < 4.78 is 0.812. The molecule has 1 saturated carbocycles. The number of aromatic nitrogens is 2. The molecule has 0 radical (unpaired) electrons. The van der Waals surface area contributed by atoms with E-state index in [1.807, 2.05) is 6.07 Å². The lowest BCUT2D eigenvalue weighted by molar-refractivity contribution is 0.0943. The second-order valence-electron chi connectivity index (χ2n) is 8.40. The molecule has 0 bridgehead atoms. The van der Waals surface area contributed by atoms with Gasteiger partial charge in [0.2, 0.25) is 0 Å². The summed E-state index contributed by atoms with van der Waals surface area (Å²) in [4.78, 5) is 23.4. The third-order valence-electron chi connectivity index (χ3n) is 5.89. The number of carbonyl (C=O) groups is 1. The van der Waals surface area contributed by atoms with Gasteiger partial charge in [0.05, 0.1) is 11.1 Å². The number of hydrogen-bond acceptors (Lipinski definition) is 5. The molecule has 6 nitrogen and oxygen atoms in total. The zero-order chi connectivity index (χ0) is 21.8. The van der Waals surface area contributed by atoms with Crippen LogP contribution in [-0.4, -0.2) is 42.6 Å². The van der Waals surface area contributed by atoms with Crippen LogP contribution in [0.25, 0.3) is 10.9 Å². The lowest BCUT2D eigenvalue weighted by atomic mass is 9.86. The first-order valence-electron chi connectivity index (χ1n) is 10.7. The molecule has 2 aromatic heterocycles. The van der Waals surface area contributed by atoms with Crippen molar-refractivity contribution in [3.05, 3.63) is 58.8 Å². The third kappa shape index (κ3) is 5.34. The molecule has 0 spiro atoms. The van der Waals surface area contributed by atoms with Crippen LogP contribution in [-0.2, 0) is 0 Å². The van der Waals surface area contributed by atoms with Gasteiger partial charge >= 0.3 is 0 Å². The monoisotopic (exact) mass is 481 g/mol. The highest BCUT2D eigenvalue weighted by atomic mass is 79.9. The number of hydrogen-bond donors (Lipinski definition) is 2. The average molecular weight is 482 g/mol. The van der Waals surface area contributed by atoms with E-state index in [9.17, 15) is 4.79 Å². The Balaban J connectivity index is 1.32. The van der Waals surface area contributed by atoms with Crippen molar-refractivity contribution in [3.8, 4) is 0 Å². The van der Waals surface area contributed by atoms with Crippen LogP contribution in [0, 0.1) is 5.92 Å². The Morgan fingerprint density at radius 2 is 1.90 bits per heavy atom. The zero-order valence-electron chi connectivity index (χ0n) is 17.9. The smallest absolute Gasteiger partial charge is 0.252 e. The fourth-order valence-electron chi connectivity index (χ4n) is 4.20. The predicted octanol–water partition coefficient (Wildman–Crippen LogP) is 4.86. The fraction of sp³-hybridized carbons (Fsp3) is 0.375. The molecule has 3 aromatic rings. The Morgan fingerprint density at radius 1 is 1.13 bits per heavy atom. The Bertz CT molecular complexity index is 1060. The van der Waals surface area contributed by atoms with E-state index in [0.29, 0.717) is 24.1 Å². The average Bonchev–Trinajstić information content (AvgIpc) is 2.77. The van der Waals surface area contributed by atoms with Gasteiger partial charge in [-0.1, -0.05) is 18.2 Å². The maximum atomic E-state index is 12.3. The highest BCUT2D eigenvalue weighted by Crippen LogP contribution is 2.30. The van der Waals surface area contributed by atoms with Crippen molar-refractivity contribution >= 4 is 44.2 Å². The Labute approximate surface area is 191 Å². The lowest BCUT2D eigenvalue weighted by Crippen LogP contribution is -2.34. The number of nitrogens with one attached hydrogen (secondary N) is 2. The maximum absolute atomic E-state index is 12.3. The molecule has 0 unspecified atom stereocenters. The molecule has 0 atom stereocenters. The Kier molecular flexibility index (Phi) is 6.70. The number of fused-ring (bicyclic) bond motifs is 1. The van der Waals surface area contributed by atoms with Crippen molar-refractivity contribution in [2.45, 2.75) is 31.7 Å².